The quantitative estimate of drug-likeness (QED) is 0.183. The molecular weight excluding hydrogens is 412 g/mol. The number of rotatable bonds is 26. The lowest BCUT2D eigenvalue weighted by Gasteiger charge is -2.07. The lowest BCUT2D eigenvalue weighted by atomic mass is 10.1. The van der Waals surface area contributed by atoms with Crippen molar-refractivity contribution >= 4 is 0 Å². The number of aliphatic hydroxyl groups excluding tert-OH is 2. The zero-order valence-electron chi connectivity index (χ0n) is 21.2. The summed E-state index contributed by atoms with van der Waals surface area (Å²) in [5, 5.41) is 16.9. The summed E-state index contributed by atoms with van der Waals surface area (Å²) in [5.41, 5.74) is 0. The number of hydrogen-bond donors (Lipinski definition) is 2. The van der Waals surface area contributed by atoms with Crippen LogP contribution in [0, 0.1) is 0 Å². The lowest BCUT2D eigenvalue weighted by molar-refractivity contribution is -0.0151. The molecule has 0 rings (SSSR count). The van der Waals surface area contributed by atoms with Gasteiger partial charge in [0, 0.05) is 0 Å². The van der Waals surface area contributed by atoms with Gasteiger partial charge in [-0.1, -0.05) is 84.5 Å². The summed E-state index contributed by atoms with van der Waals surface area (Å²) >= 11 is 0. The monoisotopic (exact) mass is 466 g/mol. The highest BCUT2D eigenvalue weighted by Crippen LogP contribution is 2.10. The Kier molecular flexibility index (Phi) is 37.4. The molecule has 0 bridgehead atoms. The van der Waals surface area contributed by atoms with Gasteiger partial charge in [-0.15, -0.1) is 0 Å². The van der Waals surface area contributed by atoms with E-state index in [0.717, 1.165) is 0 Å². The van der Waals surface area contributed by atoms with Crippen molar-refractivity contribution in [2.45, 2.75) is 84.5 Å². The Balaban J connectivity index is 0. The molecule has 0 aliphatic heterocycles. The van der Waals surface area contributed by atoms with Gasteiger partial charge in [0.2, 0.25) is 0 Å². The summed E-state index contributed by atoms with van der Waals surface area (Å²) in [6.07, 6.45) is 15.9. The minimum atomic E-state index is 0.0359. The molecule has 0 saturated carbocycles. The molecule has 0 aliphatic carbocycles. The Morgan fingerprint density at radius 2 is 0.562 bits per heavy atom. The summed E-state index contributed by atoms with van der Waals surface area (Å²) in [4.78, 5) is 0. The molecule has 32 heavy (non-hydrogen) atoms. The molecule has 0 aromatic rings. The Hall–Kier alpha value is -0.280. The SMILES string of the molecule is CCCCCCCCCCCCC.OCCOCCOCCOCCOCCOCCO. The molecule has 0 radical (unpaired) electrons. The first-order chi connectivity index (χ1) is 15.8. The van der Waals surface area contributed by atoms with Crippen molar-refractivity contribution < 1.29 is 33.9 Å². The van der Waals surface area contributed by atoms with Crippen LogP contribution in [-0.4, -0.2) is 89.5 Å². The zero-order valence-corrected chi connectivity index (χ0v) is 21.2. The predicted molar refractivity (Wildman–Crippen MR) is 130 cm³/mol. The van der Waals surface area contributed by atoms with Crippen molar-refractivity contribution in [2.24, 2.45) is 0 Å². The van der Waals surface area contributed by atoms with Crippen LogP contribution in [0.25, 0.3) is 0 Å². The third-order valence-electron chi connectivity index (χ3n) is 4.67. The van der Waals surface area contributed by atoms with Crippen LogP contribution in [0.1, 0.15) is 84.5 Å². The molecule has 7 heteroatoms. The molecule has 0 aliphatic rings. The second-order valence-corrected chi connectivity index (χ2v) is 7.69. The van der Waals surface area contributed by atoms with Crippen LogP contribution in [0.5, 0.6) is 0 Å². The summed E-state index contributed by atoms with van der Waals surface area (Å²) in [7, 11) is 0. The van der Waals surface area contributed by atoms with Crippen molar-refractivity contribution in [3.05, 3.63) is 0 Å². The molecule has 0 fully saturated rings. The van der Waals surface area contributed by atoms with Gasteiger partial charge in [-0.25, -0.2) is 0 Å². The number of unbranched alkanes of at least 4 members (excludes halogenated alkanes) is 10. The molecule has 0 saturated heterocycles. The minimum Gasteiger partial charge on any atom is -0.394 e. The normalized spacial score (nSPS) is 10.9. The second kappa shape index (κ2) is 35.3. The van der Waals surface area contributed by atoms with E-state index in [1.165, 1.54) is 70.6 Å². The summed E-state index contributed by atoms with van der Waals surface area (Å²) in [5.74, 6) is 0. The standard InChI is InChI=1S/C13H28.C12H26O7/c1-3-5-7-9-11-13-12-10-8-6-4-2;13-1-3-15-5-7-17-9-11-19-12-10-18-8-6-16-4-2-14/h3-13H2,1-2H3;13-14H,1-12H2. The van der Waals surface area contributed by atoms with E-state index in [1.807, 2.05) is 0 Å². The van der Waals surface area contributed by atoms with Crippen LogP contribution in [0.3, 0.4) is 0 Å². The van der Waals surface area contributed by atoms with Gasteiger partial charge < -0.3 is 33.9 Å². The summed E-state index contributed by atoms with van der Waals surface area (Å²) < 4.78 is 25.8. The van der Waals surface area contributed by atoms with Crippen LogP contribution in [0.4, 0.5) is 0 Å². The van der Waals surface area contributed by atoms with Gasteiger partial charge in [0.05, 0.1) is 79.3 Å². The van der Waals surface area contributed by atoms with E-state index in [0.29, 0.717) is 66.1 Å². The van der Waals surface area contributed by atoms with Crippen molar-refractivity contribution in [3.63, 3.8) is 0 Å². The van der Waals surface area contributed by atoms with Crippen LogP contribution >= 0.6 is 0 Å². The summed E-state index contributed by atoms with van der Waals surface area (Å²) in [6, 6.07) is 0. The van der Waals surface area contributed by atoms with Gasteiger partial charge in [0.1, 0.15) is 0 Å². The van der Waals surface area contributed by atoms with Crippen LogP contribution < -0.4 is 0 Å². The van der Waals surface area contributed by atoms with E-state index < -0.39 is 0 Å². The first-order valence-electron chi connectivity index (χ1n) is 12.9. The van der Waals surface area contributed by atoms with Gasteiger partial charge in [-0.2, -0.15) is 0 Å². The Morgan fingerprint density at radius 1 is 0.344 bits per heavy atom. The topological polar surface area (TPSA) is 86.6 Å². The first-order valence-corrected chi connectivity index (χ1v) is 12.9. The molecule has 0 aromatic heterocycles. The number of ether oxygens (including phenoxy) is 5. The van der Waals surface area contributed by atoms with Gasteiger partial charge in [-0.3, -0.25) is 0 Å². The average Bonchev–Trinajstić information content (AvgIpc) is 2.81. The molecule has 0 aromatic carbocycles. The first kappa shape index (κ1) is 33.9. The molecule has 196 valence electrons. The molecule has 7 nitrogen and oxygen atoms in total. The second-order valence-electron chi connectivity index (χ2n) is 7.69. The largest absolute Gasteiger partial charge is 0.394 e. The van der Waals surface area contributed by atoms with Crippen LogP contribution in [-0.2, 0) is 23.7 Å². The molecular formula is C25H54O7. The number of aliphatic hydroxyl groups is 2. The molecule has 2 N–H and O–H groups in total. The highest BCUT2D eigenvalue weighted by Gasteiger charge is 1.93. The Morgan fingerprint density at radius 3 is 0.781 bits per heavy atom. The van der Waals surface area contributed by atoms with Gasteiger partial charge >= 0.3 is 0 Å². The zero-order chi connectivity index (χ0) is 23.8. The lowest BCUT2D eigenvalue weighted by Crippen LogP contribution is -2.14. The van der Waals surface area contributed by atoms with E-state index in [4.69, 9.17) is 33.9 Å². The fourth-order valence-corrected chi connectivity index (χ4v) is 2.85. The Bertz CT molecular complexity index is 267. The van der Waals surface area contributed by atoms with E-state index in [-0.39, 0.29) is 13.2 Å². The maximum atomic E-state index is 8.45. The van der Waals surface area contributed by atoms with E-state index >= 15 is 0 Å². The number of hydrogen-bond acceptors (Lipinski definition) is 7. The third kappa shape index (κ3) is 37.1. The van der Waals surface area contributed by atoms with E-state index in [2.05, 4.69) is 13.8 Å². The van der Waals surface area contributed by atoms with Crippen molar-refractivity contribution in [3.8, 4) is 0 Å². The van der Waals surface area contributed by atoms with Gasteiger partial charge in [0.25, 0.3) is 0 Å². The van der Waals surface area contributed by atoms with Crippen LogP contribution in [0.2, 0.25) is 0 Å². The highest BCUT2D eigenvalue weighted by molar-refractivity contribution is 4.46. The molecule has 0 atom stereocenters. The maximum Gasteiger partial charge on any atom is 0.0701 e. The van der Waals surface area contributed by atoms with Crippen molar-refractivity contribution in [2.75, 3.05) is 79.3 Å². The molecule has 0 heterocycles. The average molecular weight is 467 g/mol. The fraction of sp³-hybridized carbons (Fsp3) is 1.00. The van der Waals surface area contributed by atoms with Gasteiger partial charge in [-0.05, 0) is 0 Å². The minimum absolute atomic E-state index is 0.0359. The smallest absolute Gasteiger partial charge is 0.0701 e. The van der Waals surface area contributed by atoms with Crippen molar-refractivity contribution in [1.82, 2.24) is 0 Å². The van der Waals surface area contributed by atoms with Gasteiger partial charge in [0.15, 0.2) is 0 Å². The maximum absolute atomic E-state index is 8.45. The molecule has 0 spiro atoms. The van der Waals surface area contributed by atoms with E-state index in [9.17, 15) is 0 Å². The predicted octanol–water partition coefficient (Wildman–Crippen LogP) is 4.37. The molecule has 0 unspecified atom stereocenters. The van der Waals surface area contributed by atoms with Crippen molar-refractivity contribution in [1.29, 1.82) is 0 Å². The highest BCUT2D eigenvalue weighted by atomic mass is 16.6. The molecule has 0 amide bonds. The Labute approximate surface area is 198 Å². The fourth-order valence-electron chi connectivity index (χ4n) is 2.85. The summed E-state index contributed by atoms with van der Waals surface area (Å²) in [6.45, 7) is 9.37. The van der Waals surface area contributed by atoms with Crippen LogP contribution in [0.15, 0.2) is 0 Å². The van der Waals surface area contributed by atoms with E-state index in [1.54, 1.807) is 0 Å². The third-order valence-corrected chi connectivity index (χ3v) is 4.67.